The first-order valence-electron chi connectivity index (χ1n) is 9.56. The van der Waals surface area contributed by atoms with E-state index in [4.69, 9.17) is 15.1 Å². The molecule has 1 heterocycles. The molecule has 0 aliphatic carbocycles. The van der Waals surface area contributed by atoms with E-state index >= 15 is 0 Å². The van der Waals surface area contributed by atoms with Gasteiger partial charge in [0.25, 0.3) is 0 Å². The lowest BCUT2D eigenvalue weighted by molar-refractivity contribution is -0.118. The van der Waals surface area contributed by atoms with Crippen LogP contribution in [-0.4, -0.2) is 49.7 Å². The number of ether oxygens (including phenoxy) is 1. The zero-order valence-electron chi connectivity index (χ0n) is 15.7. The third-order valence-corrected chi connectivity index (χ3v) is 4.58. The molecule has 1 fully saturated rings. The summed E-state index contributed by atoms with van der Waals surface area (Å²) >= 11 is 0. The number of rotatable bonds is 11. The Morgan fingerprint density at radius 3 is 3.00 bits per heavy atom. The highest BCUT2D eigenvalue weighted by Gasteiger charge is 2.34. The molecule has 144 valence electrons. The maximum Gasteiger partial charge on any atom is 0.472 e. The second-order valence-corrected chi connectivity index (χ2v) is 6.93. The summed E-state index contributed by atoms with van der Waals surface area (Å²) in [4.78, 5) is 11.2. The van der Waals surface area contributed by atoms with E-state index in [-0.39, 0.29) is 17.8 Å². The maximum absolute atomic E-state index is 11.2. The van der Waals surface area contributed by atoms with Crippen molar-refractivity contribution in [3.05, 3.63) is 29.8 Å². The lowest BCUT2D eigenvalue weighted by Crippen LogP contribution is -2.51. The molecule has 1 aromatic carbocycles. The van der Waals surface area contributed by atoms with Gasteiger partial charge < -0.3 is 25.5 Å². The van der Waals surface area contributed by atoms with Gasteiger partial charge in [0.1, 0.15) is 11.5 Å². The van der Waals surface area contributed by atoms with E-state index in [1.165, 1.54) is 5.56 Å². The molecule has 0 radical (unpaired) electrons. The van der Waals surface area contributed by atoms with Crippen LogP contribution < -0.4 is 15.8 Å². The number of hydrogen-bond donors (Lipinski definition) is 3. The van der Waals surface area contributed by atoms with Gasteiger partial charge in [-0.3, -0.25) is 4.79 Å². The first-order chi connectivity index (χ1) is 12.6. The van der Waals surface area contributed by atoms with Crippen molar-refractivity contribution in [1.82, 2.24) is 5.32 Å². The average molecular weight is 362 g/mol. The van der Waals surface area contributed by atoms with Crippen LogP contribution in [0.1, 0.15) is 44.6 Å². The minimum absolute atomic E-state index is 0.0890. The van der Waals surface area contributed by atoms with Gasteiger partial charge in [0.15, 0.2) is 0 Å². The van der Waals surface area contributed by atoms with Gasteiger partial charge in [-0.2, -0.15) is 0 Å². The Labute approximate surface area is 156 Å². The van der Waals surface area contributed by atoms with E-state index in [0.717, 1.165) is 44.4 Å². The largest absolute Gasteiger partial charge is 0.494 e. The fourth-order valence-corrected chi connectivity index (χ4v) is 3.17. The van der Waals surface area contributed by atoms with Gasteiger partial charge in [-0.1, -0.05) is 12.1 Å². The van der Waals surface area contributed by atoms with E-state index < -0.39 is 7.12 Å². The van der Waals surface area contributed by atoms with Crippen molar-refractivity contribution in [2.24, 2.45) is 5.73 Å². The van der Waals surface area contributed by atoms with E-state index in [2.05, 4.69) is 17.4 Å². The predicted molar refractivity (Wildman–Crippen MR) is 103 cm³/mol. The van der Waals surface area contributed by atoms with Crippen LogP contribution in [0.4, 0.5) is 0 Å². The topological polar surface area (TPSA) is 93.8 Å². The molecule has 26 heavy (non-hydrogen) atoms. The lowest BCUT2D eigenvalue weighted by Gasteiger charge is -2.31. The van der Waals surface area contributed by atoms with Gasteiger partial charge in [-0.25, -0.2) is 0 Å². The number of hydrogen-bond acceptors (Lipinski definition) is 6. The average Bonchev–Trinajstić information content (AvgIpc) is 2.60. The van der Waals surface area contributed by atoms with E-state index in [1.807, 2.05) is 12.1 Å². The number of nitrogens with two attached hydrogens (primary N) is 1. The summed E-state index contributed by atoms with van der Waals surface area (Å²) in [6.07, 6.45) is 4.61. The fraction of sp³-hybridized carbons (Fsp3) is 0.632. The highest BCUT2D eigenvalue weighted by molar-refractivity contribution is 6.45. The Morgan fingerprint density at radius 2 is 2.27 bits per heavy atom. The molecule has 0 amide bonds. The molecule has 7 heteroatoms. The summed E-state index contributed by atoms with van der Waals surface area (Å²) in [6.45, 7) is 3.68. The summed E-state index contributed by atoms with van der Waals surface area (Å²) < 4.78 is 11.3. The number of unbranched alkanes of at least 4 members (excludes halogenated alkanes) is 1. The summed E-state index contributed by atoms with van der Waals surface area (Å²) in [5.41, 5.74) is 6.67. The van der Waals surface area contributed by atoms with Gasteiger partial charge in [-0.05, 0) is 69.8 Å². The van der Waals surface area contributed by atoms with Crippen LogP contribution in [0.2, 0.25) is 0 Å². The van der Waals surface area contributed by atoms with E-state index in [9.17, 15) is 9.82 Å². The first kappa shape index (κ1) is 20.9. The van der Waals surface area contributed by atoms with Gasteiger partial charge in [0, 0.05) is 18.5 Å². The van der Waals surface area contributed by atoms with Gasteiger partial charge >= 0.3 is 7.12 Å². The van der Waals surface area contributed by atoms with Gasteiger partial charge in [0.05, 0.1) is 6.61 Å². The number of Topliss-reactive ketones (excluding diaryl/α,β-unsaturated/α-hetero) is 1. The van der Waals surface area contributed by atoms with Crippen LogP contribution >= 0.6 is 0 Å². The van der Waals surface area contributed by atoms with Gasteiger partial charge in [0.2, 0.25) is 0 Å². The Morgan fingerprint density at radius 1 is 1.42 bits per heavy atom. The standard InChI is InChI=1S/C19H31BN2O4/c1-15(23)13-18-7-8-19(20(24)26-18)22-11-9-16-5-4-6-17(14-16)25-12-3-2-10-21/h4-6,14,18-19,22,24H,2-3,7-13,21H2,1H3/t18-,19-/m0/s1. The molecule has 1 aromatic rings. The van der Waals surface area contributed by atoms with E-state index in [1.54, 1.807) is 6.92 Å². The third kappa shape index (κ3) is 7.46. The molecular formula is C19H31BN2O4. The van der Waals surface area contributed by atoms with Crippen molar-refractivity contribution in [2.45, 2.75) is 57.5 Å². The Hall–Kier alpha value is -1.41. The highest BCUT2D eigenvalue weighted by Crippen LogP contribution is 2.19. The second-order valence-electron chi connectivity index (χ2n) is 6.93. The Balaban J connectivity index is 1.70. The zero-order valence-corrected chi connectivity index (χ0v) is 15.7. The molecule has 0 bridgehead atoms. The van der Waals surface area contributed by atoms with Crippen LogP contribution in [0.5, 0.6) is 5.75 Å². The number of carbonyl (C=O) groups excluding carboxylic acids is 1. The normalized spacial score (nSPS) is 20.2. The van der Waals surface area contributed by atoms with Crippen LogP contribution in [-0.2, 0) is 15.9 Å². The van der Waals surface area contributed by atoms with Gasteiger partial charge in [-0.15, -0.1) is 0 Å². The predicted octanol–water partition coefficient (Wildman–Crippen LogP) is 1.48. The molecule has 4 N–H and O–H groups in total. The molecule has 1 aliphatic heterocycles. The summed E-state index contributed by atoms with van der Waals surface area (Å²) in [5, 5.41) is 13.5. The molecule has 2 rings (SSSR count). The number of ketones is 1. The second kappa shape index (κ2) is 11.3. The lowest BCUT2D eigenvalue weighted by atomic mass is 9.72. The molecule has 0 unspecified atom stereocenters. The summed E-state index contributed by atoms with van der Waals surface area (Å²) in [7, 11) is -0.856. The van der Waals surface area contributed by atoms with Crippen molar-refractivity contribution < 1.29 is 19.2 Å². The molecule has 0 aromatic heterocycles. The molecule has 6 nitrogen and oxygen atoms in total. The maximum atomic E-state index is 11.2. The van der Waals surface area contributed by atoms with Crippen molar-refractivity contribution in [1.29, 1.82) is 0 Å². The number of carbonyl (C=O) groups is 1. The highest BCUT2D eigenvalue weighted by atomic mass is 16.5. The zero-order chi connectivity index (χ0) is 18.8. The Bertz CT molecular complexity index is 558. The molecule has 1 saturated heterocycles. The van der Waals surface area contributed by atoms with Crippen molar-refractivity contribution in [2.75, 3.05) is 19.7 Å². The smallest absolute Gasteiger partial charge is 0.472 e. The minimum atomic E-state index is -0.856. The minimum Gasteiger partial charge on any atom is -0.494 e. The first-order valence-corrected chi connectivity index (χ1v) is 9.56. The van der Waals surface area contributed by atoms with Crippen LogP contribution in [0, 0.1) is 0 Å². The molecule has 1 aliphatic rings. The monoisotopic (exact) mass is 362 g/mol. The SMILES string of the molecule is CC(=O)C[C@@H]1CC[C@H](NCCc2cccc(OCCCCN)c2)B(O)O1. The fourth-order valence-electron chi connectivity index (χ4n) is 3.17. The summed E-state index contributed by atoms with van der Waals surface area (Å²) in [5.74, 6) is 0.889. The summed E-state index contributed by atoms with van der Waals surface area (Å²) in [6, 6.07) is 8.09. The number of benzene rings is 1. The molecule has 0 saturated carbocycles. The molecule has 0 spiro atoms. The third-order valence-electron chi connectivity index (χ3n) is 4.58. The Kier molecular flexibility index (Phi) is 9.11. The van der Waals surface area contributed by atoms with Crippen LogP contribution in [0.25, 0.3) is 0 Å². The molecule has 2 atom stereocenters. The van der Waals surface area contributed by atoms with Crippen LogP contribution in [0.15, 0.2) is 24.3 Å². The van der Waals surface area contributed by atoms with E-state index in [0.29, 0.717) is 19.6 Å². The van der Waals surface area contributed by atoms with Crippen molar-refractivity contribution >= 4 is 12.9 Å². The quantitative estimate of drug-likeness (QED) is 0.408. The number of nitrogens with one attached hydrogen (secondary N) is 1. The van der Waals surface area contributed by atoms with Crippen LogP contribution in [0.3, 0.4) is 0 Å². The van der Waals surface area contributed by atoms with Crippen molar-refractivity contribution in [3.8, 4) is 5.75 Å². The van der Waals surface area contributed by atoms with Crippen molar-refractivity contribution in [3.63, 3.8) is 0 Å². The molecular weight excluding hydrogens is 331 g/mol.